The number of carboxylic acids is 1. The van der Waals surface area contributed by atoms with Crippen LogP contribution in [0.5, 0.6) is 0 Å². The number of carbonyl (C=O) groups is 2. The van der Waals surface area contributed by atoms with Gasteiger partial charge in [-0.05, 0) is 38.5 Å². The smallest absolute Gasteiger partial charge is 0.306 e. The van der Waals surface area contributed by atoms with Crippen molar-refractivity contribution in [2.75, 3.05) is 0 Å². The molecule has 1 atom stereocenters. The average Bonchev–Trinajstić information content (AvgIpc) is 2.95. The summed E-state index contributed by atoms with van der Waals surface area (Å²) in [5.41, 5.74) is 0. The van der Waals surface area contributed by atoms with Crippen molar-refractivity contribution in [3.05, 3.63) is 0 Å². The Balaban J connectivity index is 3.80. The van der Waals surface area contributed by atoms with Gasteiger partial charge in [0.05, 0.1) is 0 Å². The molecule has 0 rings (SSSR count). The van der Waals surface area contributed by atoms with Crippen LogP contribution < -0.4 is 0 Å². The van der Waals surface area contributed by atoms with Crippen molar-refractivity contribution < 1.29 is 19.4 Å². The lowest BCUT2D eigenvalue weighted by Crippen LogP contribution is -2.18. The molecule has 1 unspecified atom stereocenters. The first kappa shape index (κ1) is 39.9. The van der Waals surface area contributed by atoms with Gasteiger partial charge in [-0.15, -0.1) is 0 Å². The second kappa shape index (κ2) is 33.4. The van der Waals surface area contributed by atoms with E-state index in [1.54, 1.807) is 0 Å². The summed E-state index contributed by atoms with van der Waals surface area (Å²) in [6.07, 6.45) is 38.4. The number of ether oxygens (including phenoxy) is 1. The largest absolute Gasteiger partial charge is 0.481 e. The fraction of sp³-hybridized carbons (Fsp3) is 0.946. The first-order valence-corrected chi connectivity index (χ1v) is 18.5. The molecule has 0 aliphatic rings. The molecule has 0 saturated carbocycles. The standard InChI is InChI=1S/C37H72O4/c1-3-5-7-9-11-12-13-14-15-16-17-18-19-20-21-26-30-34-37(40)41-35(31-27-23-10-8-6-4-2)32-28-24-22-25-29-33-36(38)39/h35H,3-34H2,1-2H3,(H,38,39). The number of esters is 1. The van der Waals surface area contributed by atoms with E-state index in [0.717, 1.165) is 64.2 Å². The maximum absolute atomic E-state index is 12.5. The van der Waals surface area contributed by atoms with E-state index in [0.29, 0.717) is 6.42 Å². The molecule has 41 heavy (non-hydrogen) atoms. The number of carboxylic acid groups (broad SMARTS) is 1. The fourth-order valence-electron chi connectivity index (χ4n) is 5.83. The molecular weight excluding hydrogens is 508 g/mol. The molecule has 0 heterocycles. The molecule has 4 heteroatoms. The minimum atomic E-state index is -0.699. The minimum Gasteiger partial charge on any atom is -0.481 e. The number of carbonyl (C=O) groups excluding carboxylic acids is 1. The molecular formula is C37H72O4. The van der Waals surface area contributed by atoms with Crippen LogP contribution in [-0.2, 0) is 14.3 Å². The fourth-order valence-corrected chi connectivity index (χ4v) is 5.83. The Morgan fingerprint density at radius 3 is 1.07 bits per heavy atom. The Kier molecular flexibility index (Phi) is 32.6. The van der Waals surface area contributed by atoms with E-state index in [2.05, 4.69) is 13.8 Å². The lowest BCUT2D eigenvalue weighted by Gasteiger charge is -2.18. The van der Waals surface area contributed by atoms with Crippen molar-refractivity contribution in [2.24, 2.45) is 0 Å². The average molecular weight is 581 g/mol. The van der Waals surface area contributed by atoms with Gasteiger partial charge in [0.2, 0.25) is 0 Å². The van der Waals surface area contributed by atoms with Crippen LogP contribution in [0.3, 0.4) is 0 Å². The molecule has 0 amide bonds. The summed E-state index contributed by atoms with van der Waals surface area (Å²) in [6, 6.07) is 0. The first-order chi connectivity index (χ1) is 20.1. The van der Waals surface area contributed by atoms with Crippen molar-refractivity contribution in [1.29, 1.82) is 0 Å². The first-order valence-electron chi connectivity index (χ1n) is 18.5. The van der Waals surface area contributed by atoms with Crippen molar-refractivity contribution >= 4 is 11.9 Å². The molecule has 0 saturated heterocycles. The van der Waals surface area contributed by atoms with Crippen LogP contribution in [-0.4, -0.2) is 23.1 Å². The quantitative estimate of drug-likeness (QED) is 0.0607. The topological polar surface area (TPSA) is 63.6 Å². The number of hydrogen-bond donors (Lipinski definition) is 1. The van der Waals surface area contributed by atoms with Gasteiger partial charge in [0.1, 0.15) is 6.10 Å². The van der Waals surface area contributed by atoms with E-state index in [4.69, 9.17) is 9.84 Å². The lowest BCUT2D eigenvalue weighted by atomic mass is 10.0. The molecule has 244 valence electrons. The molecule has 0 aromatic rings. The van der Waals surface area contributed by atoms with E-state index in [1.807, 2.05) is 0 Å². The molecule has 0 aliphatic carbocycles. The van der Waals surface area contributed by atoms with Gasteiger partial charge in [-0.3, -0.25) is 9.59 Å². The van der Waals surface area contributed by atoms with Gasteiger partial charge in [0, 0.05) is 12.8 Å². The van der Waals surface area contributed by atoms with Crippen LogP contribution in [0.4, 0.5) is 0 Å². The van der Waals surface area contributed by atoms with Crippen molar-refractivity contribution in [1.82, 2.24) is 0 Å². The summed E-state index contributed by atoms with van der Waals surface area (Å²) in [6.45, 7) is 4.53. The maximum Gasteiger partial charge on any atom is 0.306 e. The molecule has 4 nitrogen and oxygen atoms in total. The highest BCUT2D eigenvalue weighted by Crippen LogP contribution is 2.19. The molecule has 1 N–H and O–H groups in total. The lowest BCUT2D eigenvalue weighted by molar-refractivity contribution is -0.150. The predicted molar refractivity (Wildman–Crippen MR) is 177 cm³/mol. The number of aliphatic carboxylic acids is 1. The van der Waals surface area contributed by atoms with Gasteiger partial charge < -0.3 is 9.84 Å². The Bertz CT molecular complexity index is 547. The molecule has 0 aromatic carbocycles. The third kappa shape index (κ3) is 33.3. The Morgan fingerprint density at radius 2 is 0.732 bits per heavy atom. The summed E-state index contributed by atoms with van der Waals surface area (Å²) in [4.78, 5) is 23.2. The van der Waals surface area contributed by atoms with Gasteiger partial charge in [0.15, 0.2) is 0 Å². The van der Waals surface area contributed by atoms with E-state index >= 15 is 0 Å². The second-order valence-electron chi connectivity index (χ2n) is 12.8. The summed E-state index contributed by atoms with van der Waals surface area (Å²) in [7, 11) is 0. The second-order valence-corrected chi connectivity index (χ2v) is 12.8. The van der Waals surface area contributed by atoms with E-state index in [9.17, 15) is 9.59 Å². The zero-order chi connectivity index (χ0) is 30.1. The summed E-state index contributed by atoms with van der Waals surface area (Å²) >= 11 is 0. The van der Waals surface area contributed by atoms with Gasteiger partial charge in [-0.1, -0.05) is 168 Å². The maximum atomic E-state index is 12.5. The zero-order valence-corrected chi connectivity index (χ0v) is 27.9. The third-order valence-corrected chi connectivity index (χ3v) is 8.58. The Morgan fingerprint density at radius 1 is 0.439 bits per heavy atom. The number of unbranched alkanes of at least 4 members (excludes halogenated alkanes) is 25. The van der Waals surface area contributed by atoms with Crippen LogP contribution in [0, 0.1) is 0 Å². The number of hydrogen-bond acceptors (Lipinski definition) is 3. The van der Waals surface area contributed by atoms with Crippen molar-refractivity contribution in [2.45, 2.75) is 225 Å². The van der Waals surface area contributed by atoms with Crippen LogP contribution in [0.2, 0.25) is 0 Å². The zero-order valence-electron chi connectivity index (χ0n) is 27.9. The minimum absolute atomic E-state index is 0.00315. The summed E-state index contributed by atoms with van der Waals surface area (Å²) in [5, 5.41) is 8.77. The van der Waals surface area contributed by atoms with Crippen LogP contribution >= 0.6 is 0 Å². The molecule has 0 aliphatic heterocycles. The van der Waals surface area contributed by atoms with Gasteiger partial charge in [-0.25, -0.2) is 0 Å². The highest BCUT2D eigenvalue weighted by molar-refractivity contribution is 5.69. The van der Waals surface area contributed by atoms with Crippen LogP contribution in [0.1, 0.15) is 219 Å². The molecule has 0 radical (unpaired) electrons. The summed E-state index contributed by atoms with van der Waals surface area (Å²) in [5.74, 6) is -0.695. The Hall–Kier alpha value is -1.06. The highest BCUT2D eigenvalue weighted by atomic mass is 16.5. The SMILES string of the molecule is CCCCCCCCCCCCCCCCCCCC(=O)OC(CCCCCCCC)CCCCCCCC(=O)O. The number of rotatable bonds is 34. The van der Waals surface area contributed by atoms with E-state index < -0.39 is 5.97 Å². The third-order valence-electron chi connectivity index (χ3n) is 8.58. The van der Waals surface area contributed by atoms with Gasteiger partial charge in [0.25, 0.3) is 0 Å². The molecule has 0 bridgehead atoms. The summed E-state index contributed by atoms with van der Waals surface area (Å²) < 4.78 is 5.95. The van der Waals surface area contributed by atoms with Gasteiger partial charge in [-0.2, -0.15) is 0 Å². The molecule has 0 fully saturated rings. The van der Waals surface area contributed by atoms with Crippen molar-refractivity contribution in [3.63, 3.8) is 0 Å². The highest BCUT2D eigenvalue weighted by Gasteiger charge is 2.14. The monoisotopic (exact) mass is 581 g/mol. The van der Waals surface area contributed by atoms with E-state index in [-0.39, 0.29) is 18.5 Å². The normalized spacial score (nSPS) is 12.0. The molecule has 0 spiro atoms. The Labute approximate surface area is 256 Å². The van der Waals surface area contributed by atoms with Crippen LogP contribution in [0.25, 0.3) is 0 Å². The van der Waals surface area contributed by atoms with E-state index in [1.165, 1.54) is 128 Å². The molecule has 0 aromatic heterocycles. The van der Waals surface area contributed by atoms with Gasteiger partial charge >= 0.3 is 11.9 Å². The van der Waals surface area contributed by atoms with Crippen LogP contribution in [0.15, 0.2) is 0 Å². The predicted octanol–water partition coefficient (Wildman–Crippen LogP) is 12.5. The van der Waals surface area contributed by atoms with Crippen molar-refractivity contribution in [3.8, 4) is 0 Å².